The molecule has 0 saturated carbocycles. The topological polar surface area (TPSA) is 55.8 Å². The number of ether oxygens (including phenoxy) is 2. The van der Waals surface area contributed by atoms with Crippen LogP contribution in [-0.2, 0) is 14.3 Å². The van der Waals surface area contributed by atoms with Crippen molar-refractivity contribution in [3.8, 4) is 5.75 Å². The third kappa shape index (κ3) is 5.64. The van der Waals surface area contributed by atoms with E-state index in [1.54, 1.807) is 18.2 Å². The van der Waals surface area contributed by atoms with E-state index >= 15 is 0 Å². The van der Waals surface area contributed by atoms with Crippen molar-refractivity contribution in [2.75, 3.05) is 4.90 Å². The zero-order chi connectivity index (χ0) is 27.4. The molecule has 5 nitrogen and oxygen atoms in total. The van der Waals surface area contributed by atoms with Crippen molar-refractivity contribution in [1.82, 2.24) is 0 Å². The third-order valence-corrected chi connectivity index (χ3v) is 6.22. The molecule has 0 N–H and O–H groups in total. The average Bonchev–Trinajstić information content (AvgIpc) is 3.16. The fourth-order valence-corrected chi connectivity index (χ4v) is 4.27. The van der Waals surface area contributed by atoms with E-state index in [9.17, 15) is 9.59 Å². The van der Waals surface area contributed by atoms with Crippen LogP contribution in [-0.4, -0.2) is 11.9 Å². The molecular formula is C34H25NO4. The maximum absolute atomic E-state index is 11.6. The minimum absolute atomic E-state index is 0.320. The van der Waals surface area contributed by atoms with E-state index in [4.69, 9.17) is 9.47 Å². The Bertz CT molecular complexity index is 1720. The average molecular weight is 512 g/mol. The van der Waals surface area contributed by atoms with E-state index in [0.717, 1.165) is 51.1 Å². The van der Waals surface area contributed by atoms with Crippen LogP contribution in [0.2, 0.25) is 0 Å². The predicted molar refractivity (Wildman–Crippen MR) is 156 cm³/mol. The molecule has 0 spiro atoms. The van der Waals surface area contributed by atoms with Crippen molar-refractivity contribution in [3.63, 3.8) is 0 Å². The van der Waals surface area contributed by atoms with Crippen LogP contribution in [0.25, 0.3) is 22.9 Å². The Labute approximate surface area is 226 Å². The Morgan fingerprint density at radius 1 is 0.718 bits per heavy atom. The molecule has 1 aliphatic carbocycles. The van der Waals surface area contributed by atoms with Gasteiger partial charge in [0.25, 0.3) is 0 Å². The largest absolute Gasteiger partial charge is 0.423 e. The zero-order valence-corrected chi connectivity index (χ0v) is 21.4. The lowest BCUT2D eigenvalue weighted by atomic mass is 10.0. The molecule has 5 rings (SSSR count). The molecule has 0 amide bonds. The number of anilines is 3. The molecule has 0 atom stereocenters. The summed E-state index contributed by atoms with van der Waals surface area (Å²) in [4.78, 5) is 25.4. The molecule has 5 heteroatoms. The molecule has 190 valence electrons. The van der Waals surface area contributed by atoms with Crippen LogP contribution >= 0.6 is 0 Å². The van der Waals surface area contributed by atoms with Gasteiger partial charge in [-0.3, -0.25) is 0 Å². The predicted octanol–water partition coefficient (Wildman–Crippen LogP) is 7.96. The summed E-state index contributed by atoms with van der Waals surface area (Å²) >= 11 is 0. The molecule has 0 heterocycles. The maximum atomic E-state index is 11.6. The van der Waals surface area contributed by atoms with Gasteiger partial charge in [-0.25, -0.2) is 9.59 Å². The Kier molecular flexibility index (Phi) is 7.09. The summed E-state index contributed by atoms with van der Waals surface area (Å²) in [5.41, 5.74) is 9.02. The van der Waals surface area contributed by atoms with Gasteiger partial charge < -0.3 is 14.4 Å². The summed E-state index contributed by atoms with van der Waals surface area (Å²) in [6, 6.07) is 26.2. The number of fused-ring (bicyclic) bond motifs is 2. The van der Waals surface area contributed by atoms with Gasteiger partial charge >= 0.3 is 11.9 Å². The quantitative estimate of drug-likeness (QED) is 0.109. The molecule has 0 unspecified atom stereocenters. The number of esters is 2. The fraction of sp³-hybridized carbons (Fsp3) is 0.0294. The number of rotatable bonds is 7. The van der Waals surface area contributed by atoms with Gasteiger partial charge in [-0.1, -0.05) is 54.8 Å². The highest BCUT2D eigenvalue weighted by atomic mass is 16.5. The molecule has 0 fully saturated rings. The fourth-order valence-electron chi connectivity index (χ4n) is 4.27. The molecule has 39 heavy (non-hydrogen) atoms. The van der Waals surface area contributed by atoms with Crippen molar-refractivity contribution in [2.24, 2.45) is 0 Å². The van der Waals surface area contributed by atoms with Gasteiger partial charge in [0, 0.05) is 29.2 Å². The van der Waals surface area contributed by atoms with E-state index < -0.39 is 11.9 Å². The maximum Gasteiger partial charge on any atom is 0.336 e. The summed E-state index contributed by atoms with van der Waals surface area (Å²) in [7, 11) is 0. The molecule has 0 aliphatic heterocycles. The van der Waals surface area contributed by atoms with Crippen LogP contribution in [0.5, 0.6) is 5.75 Å². The van der Waals surface area contributed by atoms with Gasteiger partial charge in [0.05, 0.1) is 0 Å². The first-order valence-corrected chi connectivity index (χ1v) is 12.3. The van der Waals surface area contributed by atoms with Gasteiger partial charge in [0.15, 0.2) is 5.76 Å². The highest BCUT2D eigenvalue weighted by Gasteiger charge is 2.15. The highest BCUT2D eigenvalue weighted by Crippen LogP contribution is 2.38. The molecule has 0 saturated heterocycles. The SMILES string of the molecule is C=CC(=O)OC1=C=Cc2ccc(N(c3ccc(C)cc3)c3ccc4cc(OC(=O)C=C)ccc4c3)cc2C=C1. The monoisotopic (exact) mass is 511 g/mol. The van der Waals surface area contributed by atoms with Crippen molar-refractivity contribution in [1.29, 1.82) is 0 Å². The van der Waals surface area contributed by atoms with E-state index in [0.29, 0.717) is 11.5 Å². The van der Waals surface area contributed by atoms with Crippen LogP contribution < -0.4 is 9.64 Å². The van der Waals surface area contributed by atoms with Crippen molar-refractivity contribution >= 4 is 51.9 Å². The highest BCUT2D eigenvalue weighted by molar-refractivity contribution is 5.91. The summed E-state index contributed by atoms with van der Waals surface area (Å²) in [6.45, 7) is 8.95. The van der Waals surface area contributed by atoms with E-state index in [1.807, 2.05) is 42.5 Å². The van der Waals surface area contributed by atoms with Gasteiger partial charge in [0.2, 0.25) is 0 Å². The van der Waals surface area contributed by atoms with Crippen LogP contribution in [0.4, 0.5) is 17.1 Å². The van der Waals surface area contributed by atoms with E-state index in [-0.39, 0.29) is 0 Å². The van der Waals surface area contributed by atoms with Crippen LogP contribution in [0, 0.1) is 6.92 Å². The second kappa shape index (κ2) is 10.9. The Hall–Kier alpha value is -5.38. The van der Waals surface area contributed by atoms with E-state index in [2.05, 4.69) is 67.1 Å². The second-order valence-corrected chi connectivity index (χ2v) is 8.91. The Morgan fingerprint density at radius 2 is 1.36 bits per heavy atom. The lowest BCUT2D eigenvalue weighted by Crippen LogP contribution is -2.10. The number of carbonyl (C=O) groups is 2. The number of hydrogen-bond donors (Lipinski definition) is 0. The molecular weight excluding hydrogens is 486 g/mol. The summed E-state index contributed by atoms with van der Waals surface area (Å²) in [5.74, 6) is -0.242. The third-order valence-electron chi connectivity index (χ3n) is 6.22. The first kappa shape index (κ1) is 25.3. The first-order chi connectivity index (χ1) is 18.9. The Balaban J connectivity index is 1.55. The minimum Gasteiger partial charge on any atom is -0.423 e. The Morgan fingerprint density at radius 3 is 2.13 bits per heavy atom. The second-order valence-electron chi connectivity index (χ2n) is 8.91. The van der Waals surface area contributed by atoms with Crippen molar-refractivity contribution < 1.29 is 19.1 Å². The van der Waals surface area contributed by atoms with Gasteiger partial charge in [0.1, 0.15) is 5.75 Å². The zero-order valence-electron chi connectivity index (χ0n) is 21.4. The lowest BCUT2D eigenvalue weighted by Gasteiger charge is -2.26. The van der Waals surface area contributed by atoms with Crippen LogP contribution in [0.3, 0.4) is 0 Å². The molecule has 0 bridgehead atoms. The smallest absolute Gasteiger partial charge is 0.336 e. The lowest BCUT2D eigenvalue weighted by molar-refractivity contribution is -0.133. The van der Waals surface area contributed by atoms with Crippen LogP contribution in [0.1, 0.15) is 16.7 Å². The van der Waals surface area contributed by atoms with Crippen molar-refractivity contribution in [3.05, 3.63) is 138 Å². The van der Waals surface area contributed by atoms with Crippen LogP contribution in [0.15, 0.2) is 122 Å². The van der Waals surface area contributed by atoms with Gasteiger partial charge in [-0.05, 0) is 95.6 Å². The molecule has 0 aromatic heterocycles. The summed E-state index contributed by atoms with van der Waals surface area (Å²) in [5, 5.41) is 1.94. The normalized spacial score (nSPS) is 11.7. The van der Waals surface area contributed by atoms with Crippen molar-refractivity contribution in [2.45, 2.75) is 6.92 Å². The number of carbonyl (C=O) groups excluding carboxylic acids is 2. The number of allylic oxidation sites excluding steroid dienone is 1. The van der Waals surface area contributed by atoms with E-state index in [1.165, 1.54) is 5.56 Å². The summed E-state index contributed by atoms with van der Waals surface area (Å²) < 4.78 is 10.5. The number of hydrogen-bond acceptors (Lipinski definition) is 5. The first-order valence-electron chi connectivity index (χ1n) is 12.3. The van der Waals surface area contributed by atoms with Gasteiger partial charge in [-0.2, -0.15) is 0 Å². The minimum atomic E-state index is -0.532. The molecule has 1 aliphatic rings. The number of benzene rings is 4. The standard InChI is InChI=1S/C34H25NO4/c1-4-33(36)38-31-17-10-24-8-15-29(20-25(24)11-18-31)35(28-13-6-23(3)7-14-28)30-16-9-27-22-32(39-34(37)5-2)19-12-26(27)21-30/h4-16,18-22H,1-2H2,3H3. The molecule has 0 radical (unpaired) electrons. The molecule has 4 aromatic rings. The number of aryl methyl sites for hydroxylation is 1. The summed E-state index contributed by atoms with van der Waals surface area (Å²) in [6.07, 6.45) is 7.68. The van der Waals surface area contributed by atoms with Gasteiger partial charge in [-0.15, -0.1) is 0 Å². The molecule has 4 aromatic carbocycles. The number of nitrogens with zero attached hydrogens (tertiary/aromatic N) is 1.